The van der Waals surface area contributed by atoms with Gasteiger partial charge < -0.3 is 16.6 Å². The van der Waals surface area contributed by atoms with Gasteiger partial charge in [0.05, 0.1) is 6.42 Å². The topological polar surface area (TPSA) is 106 Å². The number of rotatable bonds is 5. The van der Waals surface area contributed by atoms with Crippen molar-refractivity contribution in [2.24, 2.45) is 11.5 Å². The Labute approximate surface area is 76.5 Å². The SMILES string of the molecule is Cl.NC(=O)CCC(N)CC(=O)O. The van der Waals surface area contributed by atoms with E-state index >= 15 is 0 Å². The molecule has 6 heteroatoms. The first kappa shape index (κ1) is 13.8. The van der Waals surface area contributed by atoms with Crippen LogP contribution in [-0.4, -0.2) is 23.0 Å². The zero-order valence-corrected chi connectivity index (χ0v) is 7.34. The number of hydrogen-bond acceptors (Lipinski definition) is 3. The van der Waals surface area contributed by atoms with Crippen molar-refractivity contribution in [3.05, 3.63) is 0 Å². The molecule has 0 spiro atoms. The molecule has 0 aromatic rings. The maximum Gasteiger partial charge on any atom is 0.304 e. The van der Waals surface area contributed by atoms with Gasteiger partial charge in [-0.3, -0.25) is 9.59 Å². The lowest BCUT2D eigenvalue weighted by molar-refractivity contribution is -0.137. The van der Waals surface area contributed by atoms with Gasteiger partial charge in [0.1, 0.15) is 0 Å². The fourth-order valence-corrected chi connectivity index (χ4v) is 0.654. The first-order valence-corrected chi connectivity index (χ1v) is 3.28. The number of carboxylic acid groups (broad SMARTS) is 1. The van der Waals surface area contributed by atoms with Gasteiger partial charge >= 0.3 is 5.97 Å². The van der Waals surface area contributed by atoms with Crippen LogP contribution in [-0.2, 0) is 9.59 Å². The summed E-state index contributed by atoms with van der Waals surface area (Å²) < 4.78 is 0. The lowest BCUT2D eigenvalue weighted by Gasteiger charge is -2.05. The molecule has 0 saturated heterocycles. The summed E-state index contributed by atoms with van der Waals surface area (Å²) in [5, 5.41) is 8.25. The van der Waals surface area contributed by atoms with Crippen LogP contribution < -0.4 is 11.5 Å². The molecule has 1 unspecified atom stereocenters. The van der Waals surface area contributed by atoms with Gasteiger partial charge in [0.2, 0.25) is 5.91 Å². The Kier molecular flexibility index (Phi) is 7.88. The molecule has 12 heavy (non-hydrogen) atoms. The first-order chi connectivity index (χ1) is 5.02. The molecule has 0 bridgehead atoms. The van der Waals surface area contributed by atoms with Gasteiger partial charge in [-0.05, 0) is 6.42 Å². The van der Waals surface area contributed by atoms with E-state index < -0.39 is 17.9 Å². The Balaban J connectivity index is 0. The van der Waals surface area contributed by atoms with Crippen LogP contribution in [0.3, 0.4) is 0 Å². The van der Waals surface area contributed by atoms with E-state index in [-0.39, 0.29) is 25.2 Å². The molecule has 5 nitrogen and oxygen atoms in total. The molecule has 0 aromatic carbocycles. The van der Waals surface area contributed by atoms with Gasteiger partial charge in [-0.2, -0.15) is 0 Å². The highest BCUT2D eigenvalue weighted by atomic mass is 35.5. The van der Waals surface area contributed by atoms with Crippen molar-refractivity contribution in [1.29, 1.82) is 0 Å². The zero-order valence-electron chi connectivity index (χ0n) is 6.53. The number of hydrogen-bond donors (Lipinski definition) is 3. The highest BCUT2D eigenvalue weighted by Gasteiger charge is 2.08. The van der Waals surface area contributed by atoms with E-state index in [9.17, 15) is 9.59 Å². The molecule has 1 atom stereocenters. The number of amides is 1. The summed E-state index contributed by atoms with van der Waals surface area (Å²) >= 11 is 0. The molecule has 5 N–H and O–H groups in total. The van der Waals surface area contributed by atoms with Crippen LogP contribution in [0.2, 0.25) is 0 Å². The van der Waals surface area contributed by atoms with Gasteiger partial charge in [-0.1, -0.05) is 0 Å². The van der Waals surface area contributed by atoms with E-state index in [1.54, 1.807) is 0 Å². The second-order valence-corrected chi connectivity index (χ2v) is 2.36. The molecule has 0 aromatic heterocycles. The molecule has 0 saturated carbocycles. The van der Waals surface area contributed by atoms with Crippen molar-refractivity contribution < 1.29 is 14.7 Å². The maximum atomic E-state index is 10.2. The summed E-state index contributed by atoms with van der Waals surface area (Å²) in [6, 6.07) is -0.472. The molecule has 0 rings (SSSR count). The van der Waals surface area contributed by atoms with Gasteiger partial charge in [-0.25, -0.2) is 0 Å². The predicted molar refractivity (Wildman–Crippen MR) is 45.9 cm³/mol. The Morgan fingerprint density at radius 2 is 1.92 bits per heavy atom. The predicted octanol–water partition coefficient (Wildman–Crippen LogP) is -0.524. The van der Waals surface area contributed by atoms with E-state index in [1.807, 2.05) is 0 Å². The van der Waals surface area contributed by atoms with Gasteiger partial charge in [-0.15, -0.1) is 12.4 Å². The van der Waals surface area contributed by atoms with E-state index in [2.05, 4.69) is 0 Å². The monoisotopic (exact) mass is 196 g/mol. The number of aliphatic carboxylic acids is 1. The molecule has 72 valence electrons. The standard InChI is InChI=1S/C6H12N2O3.ClH/c7-4(3-6(10)11)1-2-5(8)9;/h4H,1-3,7H2,(H2,8,9)(H,10,11);1H. The van der Waals surface area contributed by atoms with Gasteiger partial charge in [0.15, 0.2) is 0 Å². The summed E-state index contributed by atoms with van der Waals surface area (Å²) in [7, 11) is 0. The van der Waals surface area contributed by atoms with Crippen molar-refractivity contribution >= 4 is 24.3 Å². The third-order valence-electron chi connectivity index (χ3n) is 1.20. The molecular formula is C6H13ClN2O3. The number of carboxylic acids is 1. The number of halogens is 1. The Morgan fingerprint density at radius 1 is 1.42 bits per heavy atom. The molecule has 0 aliphatic heterocycles. The van der Waals surface area contributed by atoms with Crippen molar-refractivity contribution in [2.75, 3.05) is 0 Å². The highest BCUT2D eigenvalue weighted by molar-refractivity contribution is 5.85. The number of nitrogens with two attached hydrogens (primary N) is 2. The second-order valence-electron chi connectivity index (χ2n) is 2.36. The smallest absolute Gasteiger partial charge is 0.304 e. The fraction of sp³-hybridized carbons (Fsp3) is 0.667. The summed E-state index contributed by atoms with van der Waals surface area (Å²) in [6.07, 6.45) is 0.364. The Morgan fingerprint density at radius 3 is 2.25 bits per heavy atom. The van der Waals surface area contributed by atoms with Crippen LogP contribution in [0.15, 0.2) is 0 Å². The maximum absolute atomic E-state index is 10.2. The quantitative estimate of drug-likeness (QED) is 0.550. The van der Waals surface area contributed by atoms with Crippen LogP contribution in [0.5, 0.6) is 0 Å². The van der Waals surface area contributed by atoms with Crippen LogP contribution in [0.4, 0.5) is 0 Å². The van der Waals surface area contributed by atoms with Crippen LogP contribution in [0.1, 0.15) is 19.3 Å². The fourth-order valence-electron chi connectivity index (χ4n) is 0.654. The average molecular weight is 197 g/mol. The van der Waals surface area contributed by atoms with Gasteiger partial charge in [0, 0.05) is 12.5 Å². The molecule has 0 aliphatic rings. The van der Waals surface area contributed by atoms with E-state index in [1.165, 1.54) is 0 Å². The van der Waals surface area contributed by atoms with Gasteiger partial charge in [0.25, 0.3) is 0 Å². The molecule has 0 aliphatic carbocycles. The summed E-state index contributed by atoms with van der Waals surface area (Å²) in [5.41, 5.74) is 10.2. The molecule has 0 heterocycles. The van der Waals surface area contributed by atoms with E-state index in [4.69, 9.17) is 16.6 Å². The van der Waals surface area contributed by atoms with Crippen LogP contribution in [0.25, 0.3) is 0 Å². The zero-order chi connectivity index (χ0) is 8.85. The highest BCUT2D eigenvalue weighted by Crippen LogP contribution is 1.97. The minimum Gasteiger partial charge on any atom is -0.481 e. The minimum absolute atomic E-state index is 0. The lowest BCUT2D eigenvalue weighted by atomic mass is 10.1. The van der Waals surface area contributed by atoms with Crippen molar-refractivity contribution in [2.45, 2.75) is 25.3 Å². The summed E-state index contributed by atoms with van der Waals surface area (Å²) in [4.78, 5) is 20.3. The van der Waals surface area contributed by atoms with Crippen LogP contribution in [0, 0.1) is 0 Å². The number of primary amides is 1. The minimum atomic E-state index is -0.957. The molecule has 1 amide bonds. The molecular weight excluding hydrogens is 184 g/mol. The molecule has 0 fully saturated rings. The van der Waals surface area contributed by atoms with Crippen LogP contribution >= 0.6 is 12.4 Å². The normalized spacial score (nSPS) is 11.4. The Bertz CT molecular complexity index is 163. The number of carbonyl (C=O) groups excluding carboxylic acids is 1. The summed E-state index contributed by atoms with van der Waals surface area (Å²) in [5.74, 6) is -1.41. The van der Waals surface area contributed by atoms with E-state index in [0.717, 1.165) is 0 Å². The lowest BCUT2D eigenvalue weighted by Crippen LogP contribution is -2.25. The third kappa shape index (κ3) is 9.19. The largest absolute Gasteiger partial charge is 0.481 e. The van der Waals surface area contributed by atoms with Crippen molar-refractivity contribution in [1.82, 2.24) is 0 Å². The number of carbonyl (C=O) groups is 2. The Hall–Kier alpha value is -0.810. The summed E-state index contributed by atoms with van der Waals surface area (Å²) in [6.45, 7) is 0. The molecule has 0 radical (unpaired) electrons. The first-order valence-electron chi connectivity index (χ1n) is 3.28. The third-order valence-corrected chi connectivity index (χ3v) is 1.20. The van der Waals surface area contributed by atoms with Crippen molar-refractivity contribution in [3.63, 3.8) is 0 Å². The van der Waals surface area contributed by atoms with Crippen molar-refractivity contribution in [3.8, 4) is 0 Å². The van der Waals surface area contributed by atoms with E-state index in [0.29, 0.717) is 6.42 Å². The second kappa shape index (κ2) is 6.87. The average Bonchev–Trinajstić information content (AvgIpc) is 1.82.